The van der Waals surface area contributed by atoms with Gasteiger partial charge in [-0.15, -0.1) is 5.17 Å². The minimum atomic E-state index is -1.13. The van der Waals surface area contributed by atoms with Crippen LogP contribution in [0.2, 0.25) is 5.02 Å². The van der Waals surface area contributed by atoms with Gasteiger partial charge in [-0.1, -0.05) is 11.6 Å². The summed E-state index contributed by atoms with van der Waals surface area (Å²) in [7, 11) is 1.47. The third-order valence-electron chi connectivity index (χ3n) is 1.93. The number of hydrazine groups is 1. The SMILES string of the molecule is COc1ccc(N2NOC(=O)C(=O)O2)cc1Cl. The lowest BCUT2D eigenvalue weighted by atomic mass is 10.3. The minimum Gasteiger partial charge on any atom is -0.495 e. The first-order valence-electron chi connectivity index (χ1n) is 4.44. The Kier molecular flexibility index (Phi) is 3.03. The van der Waals surface area contributed by atoms with Crippen LogP contribution in [0.15, 0.2) is 18.2 Å². The average molecular weight is 259 g/mol. The Bertz CT molecular complexity index is 478. The second-order valence-corrected chi connectivity index (χ2v) is 3.38. The van der Waals surface area contributed by atoms with Crippen molar-refractivity contribution in [2.24, 2.45) is 0 Å². The van der Waals surface area contributed by atoms with Crippen molar-refractivity contribution in [3.63, 3.8) is 0 Å². The highest BCUT2D eigenvalue weighted by molar-refractivity contribution is 6.32. The molecule has 1 aromatic carbocycles. The van der Waals surface area contributed by atoms with Crippen LogP contribution < -0.4 is 15.5 Å². The van der Waals surface area contributed by atoms with Crippen molar-refractivity contribution in [2.45, 2.75) is 0 Å². The molecule has 0 saturated carbocycles. The van der Waals surface area contributed by atoms with Crippen LogP contribution in [-0.4, -0.2) is 19.0 Å². The summed E-state index contributed by atoms with van der Waals surface area (Å²) in [6.45, 7) is 0. The quantitative estimate of drug-likeness (QED) is 0.778. The van der Waals surface area contributed by atoms with Crippen molar-refractivity contribution in [2.75, 3.05) is 12.3 Å². The number of nitrogens with zero attached hydrogens (tertiary/aromatic N) is 1. The van der Waals surface area contributed by atoms with Gasteiger partial charge < -0.3 is 14.4 Å². The van der Waals surface area contributed by atoms with Crippen LogP contribution in [0, 0.1) is 0 Å². The number of halogens is 1. The summed E-state index contributed by atoms with van der Waals surface area (Å²) in [5, 5.41) is 1.19. The van der Waals surface area contributed by atoms with Crippen LogP contribution in [0.25, 0.3) is 0 Å². The van der Waals surface area contributed by atoms with E-state index in [1.54, 1.807) is 12.1 Å². The van der Waals surface area contributed by atoms with E-state index in [-0.39, 0.29) is 0 Å². The van der Waals surface area contributed by atoms with E-state index in [1.807, 2.05) is 0 Å². The van der Waals surface area contributed by atoms with Crippen molar-refractivity contribution >= 4 is 29.2 Å². The molecule has 0 radical (unpaired) electrons. The molecule has 1 saturated heterocycles. The number of anilines is 1. The van der Waals surface area contributed by atoms with Gasteiger partial charge in [-0.3, -0.25) is 0 Å². The normalized spacial score (nSPS) is 15.3. The van der Waals surface area contributed by atoms with Gasteiger partial charge in [0.2, 0.25) is 0 Å². The van der Waals surface area contributed by atoms with Crippen LogP contribution in [-0.2, 0) is 19.3 Å². The lowest BCUT2D eigenvalue weighted by Gasteiger charge is -2.25. The predicted octanol–water partition coefficient (Wildman–Crippen LogP) is 0.590. The Balaban J connectivity index is 2.20. The van der Waals surface area contributed by atoms with Crippen LogP contribution in [0.4, 0.5) is 5.69 Å². The molecule has 0 spiro atoms. The van der Waals surface area contributed by atoms with E-state index in [4.69, 9.17) is 16.3 Å². The minimum absolute atomic E-state index is 0.319. The van der Waals surface area contributed by atoms with Gasteiger partial charge in [0.15, 0.2) is 0 Å². The standard InChI is InChI=1S/C9H7ClN2O5/c1-15-7-3-2-5(4-6(7)10)12-11-16-8(13)9(14)17-12/h2-4,11H,1H3. The fourth-order valence-corrected chi connectivity index (χ4v) is 1.40. The fraction of sp³-hybridized carbons (Fsp3) is 0.111. The third-order valence-corrected chi connectivity index (χ3v) is 2.23. The Morgan fingerprint density at radius 2 is 2.12 bits per heavy atom. The van der Waals surface area contributed by atoms with Crippen molar-refractivity contribution in [1.82, 2.24) is 5.59 Å². The number of methoxy groups -OCH3 is 1. The van der Waals surface area contributed by atoms with Gasteiger partial charge in [0.25, 0.3) is 0 Å². The van der Waals surface area contributed by atoms with E-state index >= 15 is 0 Å². The molecule has 1 aliphatic heterocycles. The number of carbonyl (C=O) groups excluding carboxylic acids is 2. The van der Waals surface area contributed by atoms with Crippen molar-refractivity contribution in [3.05, 3.63) is 23.2 Å². The van der Waals surface area contributed by atoms with Crippen molar-refractivity contribution in [3.8, 4) is 5.75 Å². The fourth-order valence-electron chi connectivity index (χ4n) is 1.15. The summed E-state index contributed by atoms with van der Waals surface area (Å²) in [5.41, 5.74) is 2.49. The van der Waals surface area contributed by atoms with Gasteiger partial charge in [0, 0.05) is 0 Å². The molecule has 0 aliphatic carbocycles. The number of nitrogens with one attached hydrogen (secondary N) is 1. The summed E-state index contributed by atoms with van der Waals surface area (Å²) in [5.74, 6) is -1.78. The van der Waals surface area contributed by atoms with Gasteiger partial charge in [0.1, 0.15) is 5.75 Å². The van der Waals surface area contributed by atoms with Crippen molar-refractivity contribution < 1.29 is 24.0 Å². The molecular formula is C9H7ClN2O5. The Hall–Kier alpha value is -1.99. The van der Waals surface area contributed by atoms with Crippen LogP contribution >= 0.6 is 11.6 Å². The summed E-state index contributed by atoms with van der Waals surface area (Å²) in [4.78, 5) is 30.6. The zero-order valence-corrected chi connectivity index (χ0v) is 9.35. The highest BCUT2D eigenvalue weighted by Crippen LogP contribution is 2.29. The second-order valence-electron chi connectivity index (χ2n) is 2.97. The molecule has 17 heavy (non-hydrogen) atoms. The van der Waals surface area contributed by atoms with Crippen LogP contribution in [0.5, 0.6) is 5.75 Å². The third kappa shape index (κ3) is 2.24. The molecule has 0 aromatic heterocycles. The zero-order valence-electron chi connectivity index (χ0n) is 8.60. The Morgan fingerprint density at radius 3 is 2.71 bits per heavy atom. The number of benzene rings is 1. The maximum absolute atomic E-state index is 10.9. The molecule has 1 aliphatic rings. The molecule has 0 unspecified atom stereocenters. The number of hydrogen-bond acceptors (Lipinski definition) is 7. The first-order valence-corrected chi connectivity index (χ1v) is 4.82. The number of ether oxygens (including phenoxy) is 1. The lowest BCUT2D eigenvalue weighted by molar-refractivity contribution is -0.192. The smallest absolute Gasteiger partial charge is 0.444 e. The zero-order chi connectivity index (χ0) is 12.4. The summed E-state index contributed by atoms with van der Waals surface area (Å²) in [6, 6.07) is 4.60. The summed E-state index contributed by atoms with van der Waals surface area (Å²) < 4.78 is 4.96. The largest absolute Gasteiger partial charge is 0.495 e. The monoisotopic (exact) mass is 258 g/mol. The second kappa shape index (κ2) is 4.48. The molecule has 90 valence electrons. The van der Waals surface area contributed by atoms with Gasteiger partial charge in [0.05, 0.1) is 17.8 Å². The van der Waals surface area contributed by atoms with Gasteiger partial charge in [-0.25, -0.2) is 9.59 Å². The predicted molar refractivity (Wildman–Crippen MR) is 55.8 cm³/mol. The molecule has 2 rings (SSSR count). The average Bonchev–Trinajstić information content (AvgIpc) is 2.32. The molecule has 0 amide bonds. The van der Waals surface area contributed by atoms with E-state index in [2.05, 4.69) is 15.3 Å². The van der Waals surface area contributed by atoms with Gasteiger partial charge in [-0.2, -0.15) is 0 Å². The summed E-state index contributed by atoms with van der Waals surface area (Å²) in [6.07, 6.45) is 0. The Labute approximate surface area is 101 Å². The molecular weight excluding hydrogens is 252 g/mol. The molecule has 8 heteroatoms. The highest BCUT2D eigenvalue weighted by Gasteiger charge is 2.29. The van der Waals surface area contributed by atoms with E-state index in [0.29, 0.717) is 16.5 Å². The summed E-state index contributed by atoms with van der Waals surface area (Å²) >= 11 is 5.89. The molecule has 1 heterocycles. The number of carbonyl (C=O) groups is 2. The molecule has 1 N–H and O–H groups in total. The lowest BCUT2D eigenvalue weighted by Crippen LogP contribution is -2.49. The molecule has 1 aromatic rings. The highest BCUT2D eigenvalue weighted by atomic mass is 35.5. The topological polar surface area (TPSA) is 77.1 Å². The van der Waals surface area contributed by atoms with Gasteiger partial charge >= 0.3 is 11.9 Å². The maximum atomic E-state index is 10.9. The van der Waals surface area contributed by atoms with E-state index in [9.17, 15) is 9.59 Å². The first-order chi connectivity index (χ1) is 8.11. The van der Waals surface area contributed by atoms with Crippen LogP contribution in [0.3, 0.4) is 0 Å². The molecule has 0 atom stereocenters. The van der Waals surface area contributed by atoms with Gasteiger partial charge in [-0.05, 0) is 23.8 Å². The van der Waals surface area contributed by atoms with Crippen molar-refractivity contribution in [1.29, 1.82) is 0 Å². The molecule has 1 fully saturated rings. The number of rotatable bonds is 2. The van der Waals surface area contributed by atoms with E-state index < -0.39 is 11.9 Å². The van der Waals surface area contributed by atoms with Crippen LogP contribution in [0.1, 0.15) is 0 Å². The van der Waals surface area contributed by atoms with E-state index in [1.165, 1.54) is 13.2 Å². The van der Waals surface area contributed by atoms with E-state index in [0.717, 1.165) is 5.17 Å². The molecule has 0 bridgehead atoms. The Morgan fingerprint density at radius 1 is 1.35 bits per heavy atom. The molecule has 7 nitrogen and oxygen atoms in total. The maximum Gasteiger partial charge on any atom is 0.444 e. The number of hydrogen-bond donors (Lipinski definition) is 1. The first kappa shape index (κ1) is 11.5.